The number of nitrogens with zero attached hydrogens (tertiary/aromatic N) is 1. The summed E-state index contributed by atoms with van der Waals surface area (Å²) in [5.41, 5.74) is 13.8. The van der Waals surface area contributed by atoms with Gasteiger partial charge in [-0.15, -0.1) is 24.8 Å². The molecular weight excluding hydrogens is 297 g/mol. The SMILES string of the molecule is Cl.Cl.NCCCC[C@H](N)C(=O)N1Cc2ccccc2C1. The monoisotopic (exact) mass is 319 g/mol. The molecule has 1 amide bonds. The van der Waals surface area contributed by atoms with Crippen molar-refractivity contribution in [3.8, 4) is 0 Å². The molecule has 0 radical (unpaired) electrons. The minimum atomic E-state index is -0.383. The summed E-state index contributed by atoms with van der Waals surface area (Å²) in [7, 11) is 0. The molecule has 20 heavy (non-hydrogen) atoms. The molecule has 0 unspecified atom stereocenters. The van der Waals surface area contributed by atoms with Crippen molar-refractivity contribution < 1.29 is 4.79 Å². The molecule has 1 heterocycles. The summed E-state index contributed by atoms with van der Waals surface area (Å²) < 4.78 is 0. The number of fused-ring (bicyclic) bond motifs is 1. The average Bonchev–Trinajstić information content (AvgIpc) is 2.81. The van der Waals surface area contributed by atoms with Crippen LogP contribution in [-0.4, -0.2) is 23.4 Å². The Morgan fingerprint density at radius 1 is 1.15 bits per heavy atom. The predicted octanol–water partition coefficient (Wildman–Crippen LogP) is 1.83. The average molecular weight is 320 g/mol. The van der Waals surface area contributed by atoms with Crippen molar-refractivity contribution >= 4 is 30.7 Å². The van der Waals surface area contributed by atoms with E-state index in [-0.39, 0.29) is 36.8 Å². The third-order valence-corrected chi connectivity index (χ3v) is 3.44. The molecule has 1 aromatic rings. The van der Waals surface area contributed by atoms with E-state index in [0.717, 1.165) is 19.3 Å². The van der Waals surface area contributed by atoms with E-state index in [2.05, 4.69) is 12.1 Å². The largest absolute Gasteiger partial charge is 0.333 e. The van der Waals surface area contributed by atoms with E-state index >= 15 is 0 Å². The van der Waals surface area contributed by atoms with Gasteiger partial charge in [0.05, 0.1) is 6.04 Å². The summed E-state index contributed by atoms with van der Waals surface area (Å²) in [6.07, 6.45) is 2.58. The van der Waals surface area contributed by atoms with Crippen LogP contribution in [0.4, 0.5) is 0 Å². The van der Waals surface area contributed by atoms with Crippen LogP contribution in [-0.2, 0) is 17.9 Å². The Hall–Kier alpha value is -0.810. The van der Waals surface area contributed by atoms with Crippen molar-refractivity contribution in [3.05, 3.63) is 35.4 Å². The molecule has 0 spiro atoms. The maximum absolute atomic E-state index is 12.2. The number of rotatable bonds is 5. The van der Waals surface area contributed by atoms with E-state index in [1.54, 1.807) is 0 Å². The quantitative estimate of drug-likeness (QED) is 0.813. The van der Waals surface area contributed by atoms with Gasteiger partial charge in [0.1, 0.15) is 0 Å². The highest BCUT2D eigenvalue weighted by molar-refractivity contribution is 5.85. The van der Waals surface area contributed by atoms with Gasteiger partial charge in [0.25, 0.3) is 0 Å². The minimum Gasteiger partial charge on any atom is -0.333 e. The van der Waals surface area contributed by atoms with Gasteiger partial charge in [0.15, 0.2) is 0 Å². The molecule has 1 aliphatic rings. The fourth-order valence-corrected chi connectivity index (χ4v) is 2.36. The summed E-state index contributed by atoms with van der Waals surface area (Å²) in [5, 5.41) is 0. The van der Waals surface area contributed by atoms with Crippen LogP contribution in [0.3, 0.4) is 0 Å². The van der Waals surface area contributed by atoms with E-state index in [4.69, 9.17) is 11.5 Å². The van der Waals surface area contributed by atoms with Gasteiger partial charge >= 0.3 is 0 Å². The van der Waals surface area contributed by atoms with Gasteiger partial charge in [0.2, 0.25) is 5.91 Å². The summed E-state index contributed by atoms with van der Waals surface area (Å²) >= 11 is 0. The molecule has 4 nitrogen and oxygen atoms in total. The van der Waals surface area contributed by atoms with Gasteiger partial charge in [-0.05, 0) is 30.5 Å². The molecule has 0 saturated heterocycles. The van der Waals surface area contributed by atoms with Crippen LogP contribution in [0.15, 0.2) is 24.3 Å². The molecule has 0 fully saturated rings. The molecule has 2 rings (SSSR count). The molecule has 0 aliphatic carbocycles. The van der Waals surface area contributed by atoms with Crippen LogP contribution < -0.4 is 11.5 Å². The molecular formula is C14H23Cl2N3O. The molecule has 0 saturated carbocycles. The van der Waals surface area contributed by atoms with Gasteiger partial charge in [-0.1, -0.05) is 30.7 Å². The number of hydrogen-bond donors (Lipinski definition) is 2. The van der Waals surface area contributed by atoms with Crippen molar-refractivity contribution in [2.24, 2.45) is 11.5 Å². The zero-order valence-corrected chi connectivity index (χ0v) is 13.1. The van der Waals surface area contributed by atoms with Gasteiger partial charge < -0.3 is 16.4 Å². The number of amides is 1. The summed E-state index contributed by atoms with van der Waals surface area (Å²) in [5.74, 6) is 0.0585. The zero-order chi connectivity index (χ0) is 13.0. The van der Waals surface area contributed by atoms with E-state index in [1.165, 1.54) is 11.1 Å². The Bertz CT molecular complexity index is 404. The first kappa shape index (κ1) is 19.2. The fraction of sp³-hybridized carbons (Fsp3) is 0.500. The van der Waals surface area contributed by atoms with Crippen LogP contribution >= 0.6 is 24.8 Å². The third kappa shape index (κ3) is 4.63. The third-order valence-electron chi connectivity index (χ3n) is 3.44. The number of carbonyl (C=O) groups excluding carboxylic acids is 1. The first-order valence-corrected chi connectivity index (χ1v) is 6.53. The zero-order valence-electron chi connectivity index (χ0n) is 11.5. The highest BCUT2D eigenvalue weighted by Gasteiger charge is 2.26. The van der Waals surface area contributed by atoms with Gasteiger partial charge in [-0.3, -0.25) is 4.79 Å². The van der Waals surface area contributed by atoms with Gasteiger partial charge in [-0.2, -0.15) is 0 Å². The first-order valence-electron chi connectivity index (χ1n) is 6.53. The molecule has 114 valence electrons. The number of unbranched alkanes of at least 4 members (excludes halogenated alkanes) is 1. The summed E-state index contributed by atoms with van der Waals surface area (Å²) in [4.78, 5) is 14.0. The molecule has 0 aromatic heterocycles. The van der Waals surface area contributed by atoms with Crippen molar-refractivity contribution in [3.63, 3.8) is 0 Å². The molecule has 6 heteroatoms. The molecule has 4 N–H and O–H groups in total. The topological polar surface area (TPSA) is 72.3 Å². The number of carbonyl (C=O) groups is 1. The van der Waals surface area contributed by atoms with Crippen LogP contribution in [0.1, 0.15) is 30.4 Å². The second-order valence-electron chi connectivity index (χ2n) is 4.85. The smallest absolute Gasteiger partial charge is 0.240 e. The number of nitrogens with two attached hydrogens (primary N) is 2. The van der Waals surface area contributed by atoms with Crippen LogP contribution in [0.5, 0.6) is 0 Å². The predicted molar refractivity (Wildman–Crippen MR) is 86.1 cm³/mol. The Morgan fingerprint density at radius 3 is 2.20 bits per heavy atom. The Morgan fingerprint density at radius 2 is 1.70 bits per heavy atom. The van der Waals surface area contributed by atoms with Crippen molar-refractivity contribution in [2.75, 3.05) is 6.54 Å². The van der Waals surface area contributed by atoms with E-state index < -0.39 is 0 Å². The van der Waals surface area contributed by atoms with Gasteiger partial charge in [0, 0.05) is 13.1 Å². The normalized spacial score (nSPS) is 14.0. The lowest BCUT2D eigenvalue weighted by atomic mass is 10.1. The van der Waals surface area contributed by atoms with Gasteiger partial charge in [-0.25, -0.2) is 0 Å². The second kappa shape index (κ2) is 9.19. The standard InChI is InChI=1S/C14H21N3O.2ClH/c15-8-4-3-7-13(16)14(18)17-9-11-5-1-2-6-12(11)10-17;;/h1-2,5-6,13H,3-4,7-10,15-16H2;2*1H/t13-;;/m0../s1. The van der Waals surface area contributed by atoms with E-state index in [9.17, 15) is 4.79 Å². The second-order valence-corrected chi connectivity index (χ2v) is 4.85. The highest BCUT2D eigenvalue weighted by Crippen LogP contribution is 2.22. The first-order chi connectivity index (χ1) is 8.72. The van der Waals surface area contributed by atoms with E-state index in [1.807, 2.05) is 17.0 Å². The van der Waals surface area contributed by atoms with Crippen LogP contribution in [0.25, 0.3) is 0 Å². The molecule has 1 atom stereocenters. The Labute approximate surface area is 132 Å². The van der Waals surface area contributed by atoms with Crippen molar-refractivity contribution in [2.45, 2.75) is 38.4 Å². The van der Waals surface area contributed by atoms with E-state index in [0.29, 0.717) is 19.6 Å². The number of halogens is 2. The summed E-state index contributed by atoms with van der Waals surface area (Å²) in [6, 6.07) is 7.78. The summed E-state index contributed by atoms with van der Waals surface area (Å²) in [6.45, 7) is 2.05. The number of hydrogen-bond acceptors (Lipinski definition) is 3. The Balaban J connectivity index is 0.00000180. The maximum Gasteiger partial charge on any atom is 0.240 e. The lowest BCUT2D eigenvalue weighted by Crippen LogP contribution is -2.41. The van der Waals surface area contributed by atoms with Crippen molar-refractivity contribution in [1.82, 2.24) is 4.90 Å². The number of benzene rings is 1. The Kier molecular flexibility index (Phi) is 8.81. The molecule has 1 aliphatic heterocycles. The fourth-order valence-electron chi connectivity index (χ4n) is 2.36. The van der Waals surface area contributed by atoms with Crippen LogP contribution in [0.2, 0.25) is 0 Å². The maximum atomic E-state index is 12.2. The van der Waals surface area contributed by atoms with Crippen LogP contribution in [0, 0.1) is 0 Å². The lowest BCUT2D eigenvalue weighted by Gasteiger charge is -2.20. The van der Waals surface area contributed by atoms with Crippen molar-refractivity contribution in [1.29, 1.82) is 0 Å². The molecule has 0 bridgehead atoms. The highest BCUT2D eigenvalue weighted by atomic mass is 35.5. The minimum absolute atomic E-state index is 0. The lowest BCUT2D eigenvalue weighted by molar-refractivity contribution is -0.133. The molecule has 1 aromatic carbocycles.